The normalized spacial score (nSPS) is 17.0. The van der Waals surface area contributed by atoms with Crippen molar-refractivity contribution in [3.05, 3.63) is 30.3 Å². The molecule has 4 heteroatoms. The molecule has 1 unspecified atom stereocenters. The van der Waals surface area contributed by atoms with Crippen molar-refractivity contribution >= 4 is 17.7 Å². The number of hydrogen-bond acceptors (Lipinski definition) is 3. The third kappa shape index (κ3) is 4.46. The van der Waals surface area contributed by atoms with Crippen LogP contribution in [0.4, 0.5) is 0 Å². The molecule has 19 heavy (non-hydrogen) atoms. The van der Waals surface area contributed by atoms with Gasteiger partial charge in [0.2, 0.25) is 5.91 Å². The first kappa shape index (κ1) is 14.3. The molecule has 0 radical (unpaired) electrons. The zero-order valence-electron chi connectivity index (χ0n) is 11.4. The number of amides is 1. The lowest BCUT2D eigenvalue weighted by Gasteiger charge is -2.29. The Kier molecular flexibility index (Phi) is 5.58. The average Bonchev–Trinajstić information content (AvgIpc) is 2.48. The number of benzene rings is 1. The largest absolute Gasteiger partial charge is 0.494 e. The lowest BCUT2D eigenvalue weighted by atomic mass is 10.1. The highest BCUT2D eigenvalue weighted by Gasteiger charge is 2.21. The van der Waals surface area contributed by atoms with Gasteiger partial charge in [0.15, 0.2) is 0 Å². The molecule has 1 heterocycles. The second-order valence-corrected chi connectivity index (χ2v) is 6.01. The van der Waals surface area contributed by atoms with Crippen LogP contribution in [0.15, 0.2) is 30.3 Å². The Morgan fingerprint density at radius 2 is 2.00 bits per heavy atom. The van der Waals surface area contributed by atoms with E-state index in [-0.39, 0.29) is 11.8 Å². The lowest BCUT2D eigenvalue weighted by Crippen LogP contribution is -2.41. The molecule has 0 saturated carbocycles. The van der Waals surface area contributed by atoms with Gasteiger partial charge in [-0.25, -0.2) is 0 Å². The average molecular weight is 279 g/mol. The van der Waals surface area contributed by atoms with Crippen LogP contribution >= 0.6 is 11.8 Å². The third-order valence-corrected chi connectivity index (χ3v) is 4.25. The van der Waals surface area contributed by atoms with Gasteiger partial charge in [0.25, 0.3) is 0 Å². The summed E-state index contributed by atoms with van der Waals surface area (Å²) in [6.45, 7) is 4.39. The summed E-state index contributed by atoms with van der Waals surface area (Å²) in [5.41, 5.74) is 0. The first-order valence-electron chi connectivity index (χ1n) is 6.82. The second-order valence-electron chi connectivity index (χ2n) is 4.79. The van der Waals surface area contributed by atoms with Crippen LogP contribution in [-0.2, 0) is 4.79 Å². The van der Waals surface area contributed by atoms with E-state index in [0.717, 1.165) is 36.8 Å². The summed E-state index contributed by atoms with van der Waals surface area (Å²) in [4.78, 5) is 14.2. The topological polar surface area (TPSA) is 29.5 Å². The molecule has 1 fully saturated rings. The Morgan fingerprint density at radius 1 is 1.32 bits per heavy atom. The molecule has 0 spiro atoms. The number of ether oxygens (including phenoxy) is 1. The maximum Gasteiger partial charge on any atom is 0.225 e. The summed E-state index contributed by atoms with van der Waals surface area (Å²) in [5, 5.41) is 0. The second kappa shape index (κ2) is 7.43. The van der Waals surface area contributed by atoms with E-state index in [2.05, 4.69) is 0 Å². The monoisotopic (exact) mass is 279 g/mol. The van der Waals surface area contributed by atoms with Crippen molar-refractivity contribution in [2.45, 2.75) is 13.3 Å². The summed E-state index contributed by atoms with van der Waals surface area (Å²) in [7, 11) is 0. The zero-order valence-corrected chi connectivity index (χ0v) is 12.2. The summed E-state index contributed by atoms with van der Waals surface area (Å²) in [6, 6.07) is 9.75. The van der Waals surface area contributed by atoms with Crippen molar-refractivity contribution in [1.29, 1.82) is 0 Å². The minimum atomic E-state index is 0.0480. The molecule has 1 aliphatic rings. The molecule has 2 rings (SSSR count). The smallest absolute Gasteiger partial charge is 0.225 e. The molecular formula is C15H21NO2S. The molecule has 0 N–H and O–H groups in total. The van der Waals surface area contributed by atoms with E-state index < -0.39 is 0 Å². The maximum absolute atomic E-state index is 12.2. The van der Waals surface area contributed by atoms with Gasteiger partial charge in [0, 0.05) is 30.5 Å². The Morgan fingerprint density at radius 3 is 2.68 bits per heavy atom. The Hall–Kier alpha value is -1.16. The van der Waals surface area contributed by atoms with Crippen molar-refractivity contribution in [3.63, 3.8) is 0 Å². The maximum atomic E-state index is 12.2. The number of carbonyl (C=O) groups excluding carboxylic acids is 1. The molecule has 1 saturated heterocycles. The van der Waals surface area contributed by atoms with E-state index in [0.29, 0.717) is 6.61 Å². The SMILES string of the molecule is CC(CCOc1ccccc1)C(=O)N1CCSCC1. The van der Waals surface area contributed by atoms with Crippen LogP contribution in [0.3, 0.4) is 0 Å². The molecule has 0 aliphatic carbocycles. The molecule has 1 aliphatic heterocycles. The van der Waals surface area contributed by atoms with Crippen molar-refractivity contribution in [2.24, 2.45) is 5.92 Å². The van der Waals surface area contributed by atoms with E-state index in [4.69, 9.17) is 4.74 Å². The summed E-state index contributed by atoms with van der Waals surface area (Å²) in [5.74, 6) is 3.33. The van der Waals surface area contributed by atoms with Crippen LogP contribution in [0, 0.1) is 5.92 Å². The molecule has 1 atom stereocenters. The number of thioether (sulfide) groups is 1. The van der Waals surface area contributed by atoms with E-state index in [9.17, 15) is 4.79 Å². The van der Waals surface area contributed by atoms with Crippen LogP contribution in [0.1, 0.15) is 13.3 Å². The van der Waals surface area contributed by atoms with Crippen LogP contribution in [0.25, 0.3) is 0 Å². The van der Waals surface area contributed by atoms with Gasteiger partial charge in [-0.1, -0.05) is 25.1 Å². The molecule has 104 valence electrons. The summed E-state index contributed by atoms with van der Waals surface area (Å²) in [6.07, 6.45) is 0.775. The van der Waals surface area contributed by atoms with Gasteiger partial charge in [-0.15, -0.1) is 0 Å². The predicted octanol–water partition coefficient (Wildman–Crippen LogP) is 2.67. The van der Waals surface area contributed by atoms with Crippen LogP contribution in [-0.4, -0.2) is 42.0 Å². The highest BCUT2D eigenvalue weighted by Crippen LogP contribution is 2.15. The van der Waals surface area contributed by atoms with Crippen LogP contribution in [0.5, 0.6) is 5.75 Å². The predicted molar refractivity (Wildman–Crippen MR) is 79.6 cm³/mol. The Labute approximate surface area is 119 Å². The quantitative estimate of drug-likeness (QED) is 0.830. The van der Waals surface area contributed by atoms with Crippen molar-refractivity contribution in [3.8, 4) is 5.75 Å². The van der Waals surface area contributed by atoms with Crippen LogP contribution < -0.4 is 4.74 Å². The first-order chi connectivity index (χ1) is 9.27. The zero-order chi connectivity index (χ0) is 13.5. The molecule has 0 aromatic heterocycles. The van der Waals surface area contributed by atoms with Gasteiger partial charge < -0.3 is 9.64 Å². The van der Waals surface area contributed by atoms with Crippen molar-refractivity contribution < 1.29 is 9.53 Å². The van der Waals surface area contributed by atoms with E-state index in [1.54, 1.807) is 0 Å². The molecular weight excluding hydrogens is 258 g/mol. The molecule has 1 amide bonds. The highest BCUT2D eigenvalue weighted by molar-refractivity contribution is 7.99. The van der Waals surface area contributed by atoms with Gasteiger partial charge in [-0.2, -0.15) is 11.8 Å². The van der Waals surface area contributed by atoms with Gasteiger partial charge in [0.05, 0.1) is 6.61 Å². The van der Waals surface area contributed by atoms with E-state index in [1.165, 1.54) is 0 Å². The van der Waals surface area contributed by atoms with E-state index in [1.807, 2.05) is 53.9 Å². The summed E-state index contributed by atoms with van der Waals surface area (Å²) < 4.78 is 5.64. The van der Waals surface area contributed by atoms with Crippen molar-refractivity contribution in [1.82, 2.24) is 4.90 Å². The Balaban J connectivity index is 1.71. The van der Waals surface area contributed by atoms with Gasteiger partial charge >= 0.3 is 0 Å². The molecule has 1 aromatic rings. The van der Waals surface area contributed by atoms with Crippen molar-refractivity contribution in [2.75, 3.05) is 31.2 Å². The minimum absolute atomic E-state index is 0.0480. The summed E-state index contributed by atoms with van der Waals surface area (Å²) >= 11 is 1.92. The fourth-order valence-corrected chi connectivity index (χ4v) is 2.99. The fourth-order valence-electron chi connectivity index (χ4n) is 2.09. The highest BCUT2D eigenvalue weighted by atomic mass is 32.2. The first-order valence-corrected chi connectivity index (χ1v) is 7.97. The van der Waals surface area contributed by atoms with Gasteiger partial charge in [-0.3, -0.25) is 4.79 Å². The van der Waals surface area contributed by atoms with Gasteiger partial charge in [0.1, 0.15) is 5.75 Å². The number of nitrogens with zero attached hydrogens (tertiary/aromatic N) is 1. The molecule has 0 bridgehead atoms. The van der Waals surface area contributed by atoms with Gasteiger partial charge in [-0.05, 0) is 18.6 Å². The van der Waals surface area contributed by atoms with Crippen LogP contribution in [0.2, 0.25) is 0 Å². The minimum Gasteiger partial charge on any atom is -0.494 e. The third-order valence-electron chi connectivity index (χ3n) is 3.31. The molecule has 3 nitrogen and oxygen atoms in total. The number of rotatable bonds is 5. The molecule has 1 aromatic carbocycles. The lowest BCUT2D eigenvalue weighted by molar-refractivity contribution is -0.135. The number of hydrogen-bond donors (Lipinski definition) is 0. The standard InChI is InChI=1S/C15H21NO2S/c1-13(15(17)16-8-11-19-12-9-16)7-10-18-14-5-3-2-4-6-14/h2-6,13H,7-12H2,1H3. The Bertz CT molecular complexity index is 390. The fraction of sp³-hybridized carbons (Fsp3) is 0.533. The van der Waals surface area contributed by atoms with E-state index >= 15 is 0 Å². The number of para-hydroxylation sites is 1. The number of carbonyl (C=O) groups is 1.